The van der Waals surface area contributed by atoms with Crippen LogP contribution in [0.2, 0.25) is 0 Å². The van der Waals surface area contributed by atoms with Crippen molar-refractivity contribution >= 4 is 5.70 Å². The summed E-state index contributed by atoms with van der Waals surface area (Å²) in [5, 5.41) is 0. The van der Waals surface area contributed by atoms with Crippen LogP contribution >= 0.6 is 0 Å². The molecule has 0 bridgehead atoms. The summed E-state index contributed by atoms with van der Waals surface area (Å²) in [6.07, 6.45) is 7.25. The van der Waals surface area contributed by atoms with Gasteiger partial charge in [-0.15, -0.1) is 13.2 Å². The fourth-order valence-corrected chi connectivity index (χ4v) is 2.71. The molecule has 0 fully saturated rings. The number of benzene rings is 2. The molecule has 0 aromatic heterocycles. The second kappa shape index (κ2) is 19.4. The van der Waals surface area contributed by atoms with Gasteiger partial charge in [-0.05, 0) is 87.3 Å². The van der Waals surface area contributed by atoms with E-state index < -0.39 is 0 Å². The first kappa shape index (κ1) is 30.7. The van der Waals surface area contributed by atoms with Gasteiger partial charge in [-0.25, -0.2) is 0 Å². The van der Waals surface area contributed by atoms with Crippen LogP contribution in [0.3, 0.4) is 0 Å². The van der Waals surface area contributed by atoms with E-state index >= 15 is 0 Å². The lowest BCUT2D eigenvalue weighted by Gasteiger charge is -2.09. The van der Waals surface area contributed by atoms with Crippen molar-refractivity contribution in [2.24, 2.45) is 5.73 Å². The predicted molar refractivity (Wildman–Crippen MR) is 145 cm³/mol. The van der Waals surface area contributed by atoms with Gasteiger partial charge >= 0.3 is 0 Å². The summed E-state index contributed by atoms with van der Waals surface area (Å²) in [6.45, 7) is 25.5. The average Bonchev–Trinajstić information content (AvgIpc) is 2.76. The van der Waals surface area contributed by atoms with Gasteiger partial charge in [0, 0.05) is 5.70 Å². The fourth-order valence-electron chi connectivity index (χ4n) is 2.71. The summed E-state index contributed by atoms with van der Waals surface area (Å²) >= 11 is 0. The molecular weight excluding hydrogens is 374 g/mol. The smallest absolute Gasteiger partial charge is 0.0314 e. The van der Waals surface area contributed by atoms with Gasteiger partial charge in [0.15, 0.2) is 0 Å². The van der Waals surface area contributed by atoms with Crippen LogP contribution in [0, 0.1) is 6.92 Å². The highest BCUT2D eigenvalue weighted by Gasteiger charge is 2.02. The molecule has 0 radical (unpaired) electrons. The molecule has 172 valence electrons. The van der Waals surface area contributed by atoms with Crippen molar-refractivity contribution in [3.63, 3.8) is 0 Å². The van der Waals surface area contributed by atoms with E-state index in [0.717, 1.165) is 37.7 Å². The van der Waals surface area contributed by atoms with E-state index in [2.05, 4.69) is 89.9 Å². The maximum absolute atomic E-state index is 5.77. The monoisotopic (exact) mass is 421 g/mol. The summed E-state index contributed by atoms with van der Waals surface area (Å²) in [7, 11) is 0. The molecule has 1 nitrogen and oxygen atoms in total. The third-order valence-electron chi connectivity index (χ3n) is 4.43. The highest BCUT2D eigenvalue weighted by Crippen LogP contribution is 2.17. The van der Waals surface area contributed by atoms with Crippen molar-refractivity contribution in [3.8, 4) is 0 Å². The van der Waals surface area contributed by atoms with Crippen molar-refractivity contribution in [2.45, 2.75) is 80.6 Å². The first-order valence-corrected chi connectivity index (χ1v) is 11.6. The normalized spacial score (nSPS) is 9.00. The van der Waals surface area contributed by atoms with Gasteiger partial charge in [0.05, 0.1) is 0 Å². The van der Waals surface area contributed by atoms with Crippen molar-refractivity contribution in [3.05, 3.63) is 102 Å². The number of hydrogen-bond acceptors (Lipinski definition) is 1. The van der Waals surface area contributed by atoms with Crippen LogP contribution in [0.15, 0.2) is 73.9 Å². The zero-order valence-electron chi connectivity index (χ0n) is 21.4. The second-order valence-electron chi connectivity index (χ2n) is 7.48. The van der Waals surface area contributed by atoms with Gasteiger partial charge < -0.3 is 5.73 Å². The molecule has 2 N–H and O–H groups in total. The Morgan fingerprint density at radius 2 is 1.39 bits per heavy atom. The van der Waals surface area contributed by atoms with Crippen LogP contribution in [-0.4, -0.2) is 0 Å². The van der Waals surface area contributed by atoms with Gasteiger partial charge in [0.25, 0.3) is 0 Å². The number of aryl methyl sites for hydroxylation is 4. The van der Waals surface area contributed by atoms with Crippen LogP contribution < -0.4 is 5.73 Å². The Balaban J connectivity index is 0. The quantitative estimate of drug-likeness (QED) is 0.444. The van der Waals surface area contributed by atoms with Gasteiger partial charge in [0.1, 0.15) is 0 Å². The zero-order chi connectivity index (χ0) is 24.2. The van der Waals surface area contributed by atoms with E-state index in [9.17, 15) is 0 Å². The molecule has 2 aromatic rings. The summed E-state index contributed by atoms with van der Waals surface area (Å²) in [6, 6.07) is 15.2. The molecule has 0 atom stereocenters. The molecule has 0 saturated carbocycles. The maximum Gasteiger partial charge on any atom is 0.0314 e. The second-order valence-corrected chi connectivity index (χ2v) is 7.48. The van der Waals surface area contributed by atoms with Gasteiger partial charge in [-0.2, -0.15) is 0 Å². The van der Waals surface area contributed by atoms with E-state index in [0.29, 0.717) is 5.70 Å². The Morgan fingerprint density at radius 3 is 1.81 bits per heavy atom. The Kier molecular flexibility index (Phi) is 19.2. The molecule has 0 aliphatic rings. The van der Waals surface area contributed by atoms with Crippen molar-refractivity contribution in [2.75, 3.05) is 0 Å². The molecule has 0 unspecified atom stereocenters. The highest BCUT2D eigenvalue weighted by atomic mass is 14.6. The lowest BCUT2D eigenvalue weighted by molar-refractivity contribution is 0.812. The Bertz CT molecular complexity index is 750. The van der Waals surface area contributed by atoms with E-state index in [1.807, 2.05) is 20.8 Å². The minimum Gasteiger partial charge on any atom is -0.399 e. The van der Waals surface area contributed by atoms with Gasteiger partial charge in [-0.1, -0.05) is 81.8 Å². The Labute approximate surface area is 193 Å². The minimum atomic E-state index is 0.654. The van der Waals surface area contributed by atoms with Gasteiger partial charge in [-0.3, -0.25) is 0 Å². The first-order chi connectivity index (χ1) is 14.8. The Morgan fingerprint density at radius 1 is 0.903 bits per heavy atom. The third kappa shape index (κ3) is 15.9. The molecule has 0 amide bonds. The molecular formula is C30H47N. The number of hydrogen-bond donors (Lipinski definition) is 1. The van der Waals surface area contributed by atoms with E-state index in [-0.39, 0.29) is 0 Å². The molecule has 0 aliphatic heterocycles. The third-order valence-corrected chi connectivity index (χ3v) is 4.43. The van der Waals surface area contributed by atoms with Crippen molar-refractivity contribution in [1.82, 2.24) is 0 Å². The maximum atomic E-state index is 5.77. The van der Waals surface area contributed by atoms with Gasteiger partial charge in [0.2, 0.25) is 0 Å². The van der Waals surface area contributed by atoms with Crippen LogP contribution in [0.25, 0.3) is 5.70 Å². The average molecular weight is 422 g/mol. The van der Waals surface area contributed by atoms with Crippen LogP contribution in [0.4, 0.5) is 0 Å². The summed E-state index contributed by atoms with van der Waals surface area (Å²) in [5.74, 6) is 0. The molecule has 0 aliphatic carbocycles. The molecule has 0 saturated heterocycles. The summed E-state index contributed by atoms with van der Waals surface area (Å²) in [5.41, 5.74) is 14.2. The molecule has 31 heavy (non-hydrogen) atoms. The standard InChI is InChI=1S/C16H23N.C9H12.C3H6.C2H6/c1-5-14-9-15(8-6-7-12(2)3)11-16(10-14)13(4)17;1-3-9-6-4-8(2)5-7-9;1-3-2;1-2/h9-11H,2,4-8,17H2,1,3H3;4-7H,3H2,1-2H3;3H,1H2,2H3;1-2H3. The number of allylic oxidation sites excluding steroid dienone is 2. The lowest BCUT2D eigenvalue weighted by atomic mass is 9.98. The SMILES string of the molecule is C=C(C)CCCc1cc(CC)cc(C(=C)N)c1.C=CC.CC.CCc1ccc(C)cc1. The predicted octanol–water partition coefficient (Wildman–Crippen LogP) is 8.85. The molecule has 2 rings (SSSR count). The molecule has 2 aromatic carbocycles. The van der Waals surface area contributed by atoms with E-state index in [1.54, 1.807) is 6.08 Å². The molecule has 0 heterocycles. The lowest BCUT2D eigenvalue weighted by Crippen LogP contribution is -1.98. The van der Waals surface area contributed by atoms with Crippen LogP contribution in [0.5, 0.6) is 0 Å². The van der Waals surface area contributed by atoms with E-state index in [4.69, 9.17) is 5.73 Å². The summed E-state index contributed by atoms with van der Waals surface area (Å²) in [4.78, 5) is 0. The number of nitrogens with two attached hydrogens (primary N) is 1. The minimum absolute atomic E-state index is 0.654. The molecule has 1 heteroatoms. The fraction of sp³-hybridized carbons (Fsp3) is 0.400. The van der Waals surface area contributed by atoms with Crippen LogP contribution in [0.1, 0.15) is 82.2 Å². The van der Waals surface area contributed by atoms with Crippen molar-refractivity contribution < 1.29 is 0 Å². The first-order valence-electron chi connectivity index (χ1n) is 11.6. The topological polar surface area (TPSA) is 26.0 Å². The van der Waals surface area contributed by atoms with Crippen molar-refractivity contribution in [1.29, 1.82) is 0 Å². The Hall–Kier alpha value is -2.54. The largest absolute Gasteiger partial charge is 0.399 e. The number of rotatable bonds is 7. The highest BCUT2D eigenvalue weighted by molar-refractivity contribution is 5.61. The zero-order valence-corrected chi connectivity index (χ0v) is 21.4. The summed E-state index contributed by atoms with van der Waals surface area (Å²) < 4.78 is 0. The van der Waals surface area contributed by atoms with Crippen LogP contribution in [-0.2, 0) is 19.3 Å². The van der Waals surface area contributed by atoms with E-state index in [1.165, 1.54) is 27.8 Å². The molecule has 0 spiro atoms.